The topological polar surface area (TPSA) is 90.5 Å². The molecule has 21 rings (SSSR count). The van der Waals surface area contributed by atoms with Crippen molar-refractivity contribution in [3.8, 4) is 90.1 Å². The number of hydrogen-bond donors (Lipinski definition) is 0. The van der Waals surface area contributed by atoms with Gasteiger partial charge in [-0.3, -0.25) is 0 Å². The number of furan rings is 1. The van der Waals surface area contributed by atoms with E-state index in [1.807, 2.05) is 60.7 Å². The number of nitrogens with zero attached hydrogens (tertiary/aromatic N) is 6. The van der Waals surface area contributed by atoms with Crippen molar-refractivity contribution in [3.05, 3.63) is 326 Å². The zero-order chi connectivity index (χ0) is 61.6. The van der Waals surface area contributed by atoms with Gasteiger partial charge in [-0.2, -0.15) is 0 Å². The molecule has 18 aromatic rings. The van der Waals surface area contributed by atoms with Crippen LogP contribution in [-0.4, -0.2) is 29.9 Å². The van der Waals surface area contributed by atoms with Gasteiger partial charge in [0.15, 0.2) is 34.6 Å². The van der Waals surface area contributed by atoms with Crippen LogP contribution in [-0.2, 0) is 5.41 Å². The number of benzene rings is 14. The Labute approximate surface area is 539 Å². The summed E-state index contributed by atoms with van der Waals surface area (Å²) in [6, 6.07) is 108. The van der Waals surface area contributed by atoms with E-state index in [0.717, 1.165) is 104 Å². The fraction of sp³-hybridized carbons (Fsp3) is 0.0115. The molecular formula is C87H50N6O. The normalized spacial score (nSPS) is 12.8. The molecule has 0 unspecified atom stereocenters. The molecule has 14 aromatic carbocycles. The van der Waals surface area contributed by atoms with Gasteiger partial charge in [-0.1, -0.05) is 255 Å². The minimum absolute atomic E-state index is 0.520. The largest absolute Gasteiger partial charge is 0.456 e. The molecule has 7 nitrogen and oxygen atoms in total. The van der Waals surface area contributed by atoms with E-state index in [1.165, 1.54) is 61.2 Å². The molecule has 4 aromatic heterocycles. The molecule has 0 amide bonds. The van der Waals surface area contributed by atoms with Crippen molar-refractivity contribution >= 4 is 87.1 Å². The fourth-order valence-corrected chi connectivity index (χ4v) is 15.6. The van der Waals surface area contributed by atoms with Gasteiger partial charge >= 0.3 is 0 Å². The lowest BCUT2D eigenvalue weighted by molar-refractivity contribution is 0.669. The highest BCUT2D eigenvalue weighted by molar-refractivity contribution is 6.27. The first-order valence-corrected chi connectivity index (χ1v) is 31.9. The quantitative estimate of drug-likeness (QED) is 0.170. The summed E-state index contributed by atoms with van der Waals surface area (Å²) >= 11 is 0. The van der Waals surface area contributed by atoms with Crippen LogP contribution >= 0.6 is 0 Å². The van der Waals surface area contributed by atoms with E-state index in [9.17, 15) is 0 Å². The van der Waals surface area contributed by atoms with Gasteiger partial charge in [0.1, 0.15) is 11.2 Å². The molecule has 2 aliphatic carbocycles. The summed E-state index contributed by atoms with van der Waals surface area (Å²) in [6.07, 6.45) is 0. The highest BCUT2D eigenvalue weighted by atomic mass is 16.3. The Balaban J connectivity index is 0.000000134. The summed E-state index contributed by atoms with van der Waals surface area (Å²) in [5.74, 6) is 2.63. The minimum Gasteiger partial charge on any atom is -0.456 e. The van der Waals surface area contributed by atoms with Crippen molar-refractivity contribution in [1.29, 1.82) is 0 Å². The molecule has 94 heavy (non-hydrogen) atoms. The summed E-state index contributed by atoms with van der Waals surface area (Å²) in [7, 11) is 0. The number of fused-ring (bicyclic) bond motifs is 34. The Kier molecular flexibility index (Phi) is 11.2. The molecule has 0 radical (unpaired) electrons. The second-order valence-electron chi connectivity index (χ2n) is 24.8. The van der Waals surface area contributed by atoms with E-state index < -0.39 is 5.41 Å². The standard InChI is InChI=1S/C50H29N3.C37H21N3O/c1-2-13-30(14-3-1)47-51-48-34-17-12-16-31(27-34)35-18-6-7-19-36(35)33-25-26-43-40(28-33)45-44(29-32-15-4-5-20-37(32)46(45)49(52-47)53-48)50(43)41-23-10-8-21-38(41)39-22-9-11-24-42(39)50;1-2-8-22(9-3-1)35-38-36-28-13-7-12-25(19-28)23-10-6-11-24(18-23)26-16-17-27-21-32-33(29-14-4-5-15-31(29)41-32)34(30(27)20-26)37(39-35)40-36/h1-29H;1-21H. The van der Waals surface area contributed by atoms with E-state index in [4.69, 9.17) is 34.3 Å². The van der Waals surface area contributed by atoms with E-state index in [0.29, 0.717) is 34.6 Å². The van der Waals surface area contributed by atoms with Gasteiger partial charge in [0, 0.05) is 43.8 Å². The zero-order valence-corrected chi connectivity index (χ0v) is 50.5. The Morgan fingerprint density at radius 1 is 0.223 bits per heavy atom. The Morgan fingerprint density at radius 2 is 0.723 bits per heavy atom. The highest BCUT2D eigenvalue weighted by Gasteiger charge is 2.53. The van der Waals surface area contributed by atoms with Crippen molar-refractivity contribution < 1.29 is 4.42 Å². The zero-order valence-electron chi connectivity index (χ0n) is 50.5. The summed E-state index contributed by atoms with van der Waals surface area (Å²) in [6.45, 7) is 0. The first-order chi connectivity index (χ1) is 46.6. The van der Waals surface area contributed by atoms with Gasteiger partial charge in [0.2, 0.25) is 0 Å². The average Bonchev–Trinajstić information content (AvgIpc) is 1.50. The van der Waals surface area contributed by atoms with Gasteiger partial charge in [0.05, 0.1) is 5.41 Å². The molecule has 1 spiro atoms. The number of hydrogen-bond acceptors (Lipinski definition) is 7. The molecule has 0 saturated heterocycles. The third-order valence-electron chi connectivity index (χ3n) is 19.7. The van der Waals surface area contributed by atoms with Crippen LogP contribution in [0.15, 0.2) is 308 Å². The lowest BCUT2D eigenvalue weighted by Crippen LogP contribution is -2.25. The van der Waals surface area contributed by atoms with E-state index in [2.05, 4.69) is 243 Å². The van der Waals surface area contributed by atoms with Crippen LogP contribution in [0.4, 0.5) is 0 Å². The Hall–Kier alpha value is -12.6. The third-order valence-corrected chi connectivity index (χ3v) is 19.7. The van der Waals surface area contributed by atoms with Crippen molar-refractivity contribution in [2.45, 2.75) is 5.41 Å². The van der Waals surface area contributed by atoms with Crippen molar-refractivity contribution in [2.24, 2.45) is 0 Å². The molecule has 0 saturated carbocycles. The van der Waals surface area contributed by atoms with Crippen molar-refractivity contribution in [2.75, 3.05) is 0 Å². The van der Waals surface area contributed by atoms with Crippen LogP contribution in [0.2, 0.25) is 0 Å². The second kappa shape index (κ2) is 20.2. The monoisotopic (exact) mass is 1190 g/mol. The molecule has 7 heteroatoms. The molecular weight excluding hydrogens is 1140 g/mol. The number of para-hydroxylation sites is 1. The highest BCUT2D eigenvalue weighted by Crippen LogP contribution is 2.65. The average molecular weight is 1200 g/mol. The summed E-state index contributed by atoms with van der Waals surface area (Å²) in [4.78, 5) is 31.3. The third kappa shape index (κ3) is 7.79. The van der Waals surface area contributed by atoms with Gasteiger partial charge < -0.3 is 4.42 Å². The Bertz CT molecular complexity index is 6270. The van der Waals surface area contributed by atoms with Crippen molar-refractivity contribution in [1.82, 2.24) is 29.9 Å². The first kappa shape index (κ1) is 52.2. The maximum absolute atomic E-state index is 6.40. The Morgan fingerprint density at radius 3 is 1.46 bits per heavy atom. The van der Waals surface area contributed by atoms with Crippen LogP contribution in [0.3, 0.4) is 0 Å². The smallest absolute Gasteiger partial charge is 0.165 e. The molecule has 0 atom stereocenters. The van der Waals surface area contributed by atoms with Crippen LogP contribution in [0.25, 0.3) is 177 Å². The van der Waals surface area contributed by atoms with Crippen LogP contribution in [0, 0.1) is 0 Å². The van der Waals surface area contributed by atoms with E-state index in [1.54, 1.807) is 0 Å². The SMILES string of the molecule is c1ccc(-c2nc3nc(n2)-c2c4c(cc5ccccc25)C2(c5ccccc5-c5ccccc52)c2ccc(cc2-4)-c2ccccc2-c2cccc-3c2)cc1.c1ccc(-c2nc3nc(n2)c2c4cc(ccc4cc4oc5ccccc5c42)c2cccc(c2)c2cccc3c2)cc1. The summed E-state index contributed by atoms with van der Waals surface area (Å²) in [5, 5.41) is 13.0. The van der Waals surface area contributed by atoms with Gasteiger partial charge in [-0.05, 0) is 158 Å². The van der Waals surface area contributed by atoms with Gasteiger partial charge in [-0.25, -0.2) is 29.9 Å². The number of rotatable bonds is 2. The minimum atomic E-state index is -0.520. The van der Waals surface area contributed by atoms with Crippen molar-refractivity contribution in [3.63, 3.8) is 0 Å². The fourth-order valence-electron chi connectivity index (χ4n) is 15.6. The predicted molar refractivity (Wildman–Crippen MR) is 383 cm³/mol. The molecule has 3 aliphatic rings. The first-order valence-electron chi connectivity index (χ1n) is 31.9. The second-order valence-corrected chi connectivity index (χ2v) is 24.8. The maximum atomic E-state index is 6.40. The summed E-state index contributed by atoms with van der Waals surface area (Å²) in [5.41, 5.74) is 21.1. The van der Waals surface area contributed by atoms with Crippen LogP contribution in [0.1, 0.15) is 22.3 Å². The molecule has 0 N–H and O–H groups in total. The molecule has 434 valence electrons. The van der Waals surface area contributed by atoms with E-state index >= 15 is 0 Å². The lowest BCUT2D eigenvalue weighted by atomic mass is 9.70. The van der Waals surface area contributed by atoms with E-state index in [-0.39, 0.29) is 0 Å². The number of aromatic nitrogens is 6. The van der Waals surface area contributed by atoms with Crippen LogP contribution in [0.5, 0.6) is 0 Å². The predicted octanol–water partition coefficient (Wildman–Crippen LogP) is 21.8. The molecule has 0 fully saturated rings. The van der Waals surface area contributed by atoms with Gasteiger partial charge in [-0.15, -0.1) is 0 Å². The molecule has 5 heterocycles. The van der Waals surface area contributed by atoms with Gasteiger partial charge in [0.25, 0.3) is 0 Å². The maximum Gasteiger partial charge on any atom is 0.165 e. The van der Waals surface area contributed by atoms with Crippen LogP contribution < -0.4 is 0 Å². The summed E-state index contributed by atoms with van der Waals surface area (Å²) < 4.78 is 6.40. The lowest BCUT2D eigenvalue weighted by Gasteiger charge is -2.31. The molecule has 14 bridgehead atoms. The molecule has 1 aliphatic heterocycles.